The highest BCUT2D eigenvalue weighted by Gasteiger charge is 2.27. The van der Waals surface area contributed by atoms with E-state index in [9.17, 15) is 83.4 Å². The summed E-state index contributed by atoms with van der Waals surface area (Å²) in [6, 6.07) is -0.996. The summed E-state index contributed by atoms with van der Waals surface area (Å²) in [5.41, 5.74) is 5.33. The second-order valence-electron chi connectivity index (χ2n) is 16.6. The average Bonchev–Trinajstić information content (AvgIpc) is 3.34. The predicted molar refractivity (Wildman–Crippen MR) is 264 cm³/mol. The first-order chi connectivity index (χ1) is 36.4. The van der Waals surface area contributed by atoms with Gasteiger partial charge in [-0.3, -0.25) is 29.8 Å². The molecule has 77 heavy (non-hydrogen) atoms. The molecule has 5 atom stereocenters. The minimum Gasteiger partial charge on any atom is -0.491 e. The molecule has 0 saturated carbocycles. The summed E-state index contributed by atoms with van der Waals surface area (Å²) in [6.45, 7) is -1.77. The van der Waals surface area contributed by atoms with Gasteiger partial charge in [-0.15, -0.1) is 0 Å². The first-order valence-electron chi connectivity index (χ1n) is 23.3. The van der Waals surface area contributed by atoms with Crippen molar-refractivity contribution < 1.29 is 97.4 Å². The van der Waals surface area contributed by atoms with E-state index in [1.807, 2.05) is 10.6 Å². The molecule has 2 rings (SSSR count). The van der Waals surface area contributed by atoms with Gasteiger partial charge in [0.25, 0.3) is 11.4 Å². The molecule has 0 aromatic heterocycles. The Hall–Kier alpha value is -9.01. The van der Waals surface area contributed by atoms with Gasteiger partial charge in [0.05, 0.1) is 28.7 Å². The van der Waals surface area contributed by atoms with Crippen LogP contribution in [0.2, 0.25) is 0 Å². The molecular weight excluding hydrogens is 1040 g/mol. The quantitative estimate of drug-likeness (QED) is 0.0195. The number of carbonyl (C=O) groups is 8. The van der Waals surface area contributed by atoms with Crippen LogP contribution in [-0.4, -0.2) is 170 Å². The SMILES string of the molecule is N/C(=C\N(N)CCF)COC(COc1ccc([N+](=O)[O-])c(NCCCC[C@H](NC(=O)N[C@H](CCC(=O)O)C(=O)O)C(=O)O)c1)COc1ccc([N+](=O)[O-])c(NCCCC[C@@H](NC(=O)N[C@@H](CCC(=O)O)C(=O)O)C(=O)O)c1. The number of rotatable bonds is 40. The van der Waals surface area contributed by atoms with E-state index >= 15 is 0 Å². The van der Waals surface area contributed by atoms with Crippen molar-refractivity contribution in [3.63, 3.8) is 0 Å². The molecular formula is C44H62FN11O21. The van der Waals surface area contributed by atoms with Gasteiger partial charge >= 0.3 is 47.9 Å². The summed E-state index contributed by atoms with van der Waals surface area (Å²) in [5.74, 6) is -2.68. The molecule has 426 valence electrons. The molecule has 1 unspecified atom stereocenters. The van der Waals surface area contributed by atoms with Crippen LogP contribution in [-0.2, 0) is 33.5 Å². The fourth-order valence-corrected chi connectivity index (χ4v) is 6.64. The van der Waals surface area contributed by atoms with Crippen LogP contribution in [0.25, 0.3) is 0 Å². The molecule has 16 N–H and O–H groups in total. The van der Waals surface area contributed by atoms with Gasteiger partial charge in [-0.1, -0.05) is 0 Å². The number of benzene rings is 2. The molecule has 2 aromatic rings. The number of nitrogens with zero attached hydrogens (tertiary/aromatic N) is 3. The fraction of sp³-hybridized carbons (Fsp3) is 0.500. The number of alkyl halides is 1. The largest absolute Gasteiger partial charge is 0.491 e. The van der Waals surface area contributed by atoms with Crippen molar-refractivity contribution >= 4 is 70.6 Å². The minimum absolute atomic E-state index is 0.00765. The second kappa shape index (κ2) is 33.7. The maximum absolute atomic E-state index is 12.8. The number of amides is 4. The number of nitro benzene ring substituents is 2. The lowest BCUT2D eigenvalue weighted by Crippen LogP contribution is -2.51. The van der Waals surface area contributed by atoms with Gasteiger partial charge in [-0.2, -0.15) is 0 Å². The number of ether oxygens (including phenoxy) is 3. The number of nitrogens with two attached hydrogens (primary N) is 2. The highest BCUT2D eigenvalue weighted by molar-refractivity contribution is 5.87. The van der Waals surface area contributed by atoms with Crippen LogP contribution in [0.5, 0.6) is 11.5 Å². The zero-order valence-electron chi connectivity index (χ0n) is 41.1. The third-order valence-corrected chi connectivity index (χ3v) is 10.5. The number of hydrazine groups is 1. The van der Waals surface area contributed by atoms with E-state index in [0.29, 0.717) is 0 Å². The Balaban J connectivity index is 2.14. The van der Waals surface area contributed by atoms with Crippen molar-refractivity contribution in [1.82, 2.24) is 26.3 Å². The second-order valence-corrected chi connectivity index (χ2v) is 16.6. The molecule has 0 aliphatic rings. The van der Waals surface area contributed by atoms with Crippen molar-refractivity contribution in [2.24, 2.45) is 11.6 Å². The predicted octanol–water partition coefficient (Wildman–Crippen LogP) is 1.60. The topological polar surface area (TPSA) is 499 Å². The number of nitrogens with one attached hydrogen (secondary N) is 6. The molecule has 0 saturated heterocycles. The number of hydrogen-bond acceptors (Lipinski definition) is 20. The zero-order valence-corrected chi connectivity index (χ0v) is 41.1. The first kappa shape index (κ1) is 64.1. The number of nitro groups is 2. The van der Waals surface area contributed by atoms with E-state index in [1.165, 1.54) is 30.5 Å². The van der Waals surface area contributed by atoms with E-state index in [0.717, 1.165) is 17.1 Å². The third kappa shape index (κ3) is 25.7. The third-order valence-electron chi connectivity index (χ3n) is 10.5. The molecule has 0 aliphatic heterocycles. The number of hydrogen-bond donors (Lipinski definition) is 14. The standard InChI is InChI=1S/C44H62FN11O21/c45-15-18-54(47)21-25(46)22-75-28(23-76-26-7-11-35(55(71)72)33(19-26)48-16-3-1-5-29(39(61)62)50-43(69)52-31(41(65)66)9-13-37(57)58)24-77-27-8-12-36(56(73)74)34(20-27)49-17-4-2-6-30(40(63)64)51-44(70)53-32(42(67)68)10-14-38(59)60/h7-8,11-12,19-21,28-32,48-49H,1-6,9-10,13-18,22-24,46-47H2,(H,57,58)(H,59,60)(H,61,62)(H,63,64)(H,65,66)(H,67,68)(H2,50,52,69)(H2,51,53,70)/b25-21-/t28?,29-,30+,31+,32-. The van der Waals surface area contributed by atoms with Crippen LogP contribution in [0.3, 0.4) is 0 Å². The van der Waals surface area contributed by atoms with E-state index < -0.39 is 120 Å². The van der Waals surface area contributed by atoms with E-state index in [2.05, 4.69) is 21.3 Å². The van der Waals surface area contributed by atoms with Crippen LogP contribution in [0, 0.1) is 20.2 Å². The molecule has 0 spiro atoms. The number of unbranched alkanes of at least 4 members (excludes halogenated alkanes) is 2. The smallest absolute Gasteiger partial charge is 0.326 e. The Bertz CT molecular complexity index is 2250. The first-order valence-corrected chi connectivity index (χ1v) is 23.3. The molecule has 0 fully saturated rings. The highest BCUT2D eigenvalue weighted by atomic mass is 19.1. The normalized spacial score (nSPS) is 13.0. The monoisotopic (exact) mass is 1100 g/mol. The minimum atomic E-state index is -1.60. The van der Waals surface area contributed by atoms with Gasteiger partial charge in [0.1, 0.15) is 73.0 Å². The summed E-state index contributed by atoms with van der Waals surface area (Å²) in [5, 5.41) is 94.3. The van der Waals surface area contributed by atoms with Gasteiger partial charge in [0, 0.05) is 56.4 Å². The van der Waals surface area contributed by atoms with Gasteiger partial charge in [0.2, 0.25) is 0 Å². The maximum Gasteiger partial charge on any atom is 0.326 e. The molecule has 4 amide bonds. The fourth-order valence-electron chi connectivity index (χ4n) is 6.64. The van der Waals surface area contributed by atoms with Crippen LogP contribution < -0.4 is 53.0 Å². The number of halogens is 1. The van der Waals surface area contributed by atoms with Crippen LogP contribution in [0.15, 0.2) is 48.3 Å². The molecule has 0 aliphatic carbocycles. The summed E-state index contributed by atoms with van der Waals surface area (Å²) < 4.78 is 30.6. The van der Waals surface area contributed by atoms with Crippen molar-refractivity contribution in [2.75, 3.05) is 56.8 Å². The molecule has 32 nitrogen and oxygen atoms in total. The molecule has 0 bridgehead atoms. The van der Waals surface area contributed by atoms with Crippen LogP contribution in [0.4, 0.5) is 36.7 Å². The van der Waals surface area contributed by atoms with Crippen molar-refractivity contribution in [3.8, 4) is 11.5 Å². The summed E-state index contributed by atoms with van der Waals surface area (Å²) >= 11 is 0. The number of anilines is 2. The number of aliphatic carboxylic acids is 6. The maximum atomic E-state index is 12.8. The lowest BCUT2D eigenvalue weighted by atomic mass is 10.1. The number of carboxylic acid groups (broad SMARTS) is 6. The average molecular weight is 1100 g/mol. The van der Waals surface area contributed by atoms with Gasteiger partial charge in [0.15, 0.2) is 0 Å². The highest BCUT2D eigenvalue weighted by Crippen LogP contribution is 2.31. The van der Waals surface area contributed by atoms with Crippen LogP contribution in [0.1, 0.15) is 64.2 Å². The van der Waals surface area contributed by atoms with E-state index in [1.54, 1.807) is 0 Å². The van der Waals surface area contributed by atoms with Crippen LogP contribution >= 0.6 is 0 Å². The number of carboxylic acids is 6. The van der Waals surface area contributed by atoms with Crippen molar-refractivity contribution in [1.29, 1.82) is 0 Å². The summed E-state index contributed by atoms with van der Waals surface area (Å²) in [7, 11) is 0. The number of carbonyl (C=O) groups excluding carboxylic acids is 2. The Morgan fingerprint density at radius 3 is 1.34 bits per heavy atom. The van der Waals surface area contributed by atoms with Crippen molar-refractivity contribution in [3.05, 3.63) is 68.5 Å². The summed E-state index contributed by atoms with van der Waals surface area (Å²) in [4.78, 5) is 115. The molecule has 0 heterocycles. The lowest BCUT2D eigenvalue weighted by molar-refractivity contribution is -0.384. The lowest BCUT2D eigenvalue weighted by Gasteiger charge is -2.21. The zero-order chi connectivity index (χ0) is 57.6. The molecule has 33 heteroatoms. The molecule has 2 aromatic carbocycles. The van der Waals surface area contributed by atoms with Gasteiger partial charge in [-0.05, 0) is 63.5 Å². The number of urea groups is 2. The Kier molecular flexibility index (Phi) is 28.1. The van der Waals surface area contributed by atoms with E-state index in [-0.39, 0.29) is 118 Å². The Labute approximate surface area is 436 Å². The van der Waals surface area contributed by atoms with Crippen molar-refractivity contribution in [2.45, 2.75) is 94.5 Å². The van der Waals surface area contributed by atoms with Gasteiger partial charge in [-0.25, -0.2) is 39.0 Å². The molecule has 0 radical (unpaired) electrons. The van der Waals surface area contributed by atoms with Gasteiger partial charge < -0.3 is 87.5 Å². The summed E-state index contributed by atoms with van der Waals surface area (Å²) in [6.07, 6.45) is -1.42. The Morgan fingerprint density at radius 2 is 1.00 bits per heavy atom. The van der Waals surface area contributed by atoms with E-state index in [4.69, 9.17) is 36.0 Å². The Morgan fingerprint density at radius 1 is 0.623 bits per heavy atom.